The monoisotopic (exact) mass is 320 g/mol. The zero-order valence-corrected chi connectivity index (χ0v) is 12.9. The van der Waals surface area contributed by atoms with Crippen molar-refractivity contribution in [3.8, 4) is 5.75 Å². The molecule has 2 aromatic carbocycles. The lowest BCUT2D eigenvalue weighted by molar-refractivity contribution is 0.0599. The van der Waals surface area contributed by atoms with E-state index in [1.54, 1.807) is 36.4 Å². The molecule has 0 heterocycles. The Morgan fingerprint density at radius 2 is 2.05 bits per heavy atom. The molecule has 4 nitrogen and oxygen atoms in total. The number of phenols is 1. The van der Waals surface area contributed by atoms with Crippen LogP contribution in [0.2, 0.25) is 5.02 Å². The topological polar surface area (TPSA) is 66.8 Å². The second-order valence-corrected chi connectivity index (χ2v) is 5.38. The summed E-state index contributed by atoms with van der Waals surface area (Å²) >= 11 is 5.91. The number of carbonyl (C=O) groups excluding carboxylic acids is 1. The lowest BCUT2D eigenvalue weighted by Crippen LogP contribution is -2.07. The number of hydrogen-bond acceptors (Lipinski definition) is 4. The molecule has 0 saturated carbocycles. The lowest BCUT2D eigenvalue weighted by Gasteiger charge is -2.13. The molecule has 2 aromatic rings. The molecule has 116 valence electrons. The number of methoxy groups -OCH3 is 1. The molecule has 22 heavy (non-hydrogen) atoms. The van der Waals surface area contributed by atoms with Gasteiger partial charge in [0, 0.05) is 5.02 Å². The van der Waals surface area contributed by atoms with Gasteiger partial charge in [-0.3, -0.25) is 0 Å². The molecule has 0 bridgehead atoms. The molecule has 1 atom stereocenters. The van der Waals surface area contributed by atoms with Gasteiger partial charge in [0.25, 0.3) is 0 Å². The summed E-state index contributed by atoms with van der Waals surface area (Å²) < 4.78 is 4.75. The van der Waals surface area contributed by atoms with E-state index in [4.69, 9.17) is 16.3 Å². The van der Waals surface area contributed by atoms with E-state index in [0.717, 1.165) is 5.56 Å². The van der Waals surface area contributed by atoms with Crippen LogP contribution in [0.25, 0.3) is 0 Å². The second kappa shape index (κ2) is 7.29. The van der Waals surface area contributed by atoms with Crippen LogP contribution in [0.4, 0.5) is 0 Å². The first-order valence-corrected chi connectivity index (χ1v) is 7.23. The number of benzene rings is 2. The van der Waals surface area contributed by atoms with Crippen molar-refractivity contribution in [1.82, 2.24) is 0 Å². The van der Waals surface area contributed by atoms with Crippen LogP contribution in [-0.4, -0.2) is 23.3 Å². The van der Waals surface area contributed by atoms with E-state index in [2.05, 4.69) is 0 Å². The minimum Gasteiger partial charge on any atom is -0.508 e. The molecular formula is C17H17ClO4. The second-order valence-electron chi connectivity index (χ2n) is 4.94. The average Bonchev–Trinajstić information content (AvgIpc) is 2.52. The lowest BCUT2D eigenvalue weighted by atomic mass is 9.98. The first-order valence-electron chi connectivity index (χ1n) is 6.85. The van der Waals surface area contributed by atoms with E-state index in [0.29, 0.717) is 29.0 Å². The fourth-order valence-electron chi connectivity index (χ4n) is 2.26. The average molecular weight is 321 g/mol. The Labute approximate surface area is 133 Å². The summed E-state index contributed by atoms with van der Waals surface area (Å²) in [6.45, 7) is 0. The van der Waals surface area contributed by atoms with E-state index in [1.165, 1.54) is 13.2 Å². The van der Waals surface area contributed by atoms with Crippen molar-refractivity contribution in [2.75, 3.05) is 7.11 Å². The number of esters is 1. The Morgan fingerprint density at radius 3 is 2.73 bits per heavy atom. The SMILES string of the molecule is COC(=O)c1cc(Cl)ccc1CC[C@@H](O)c1cccc(O)c1. The smallest absolute Gasteiger partial charge is 0.338 e. The van der Waals surface area contributed by atoms with Crippen LogP contribution < -0.4 is 0 Å². The summed E-state index contributed by atoms with van der Waals surface area (Å²) in [6.07, 6.45) is 0.168. The maximum absolute atomic E-state index is 11.8. The van der Waals surface area contributed by atoms with Crippen LogP contribution in [-0.2, 0) is 11.2 Å². The quantitative estimate of drug-likeness (QED) is 0.827. The third-order valence-corrected chi connectivity index (χ3v) is 3.65. The predicted octanol–water partition coefficient (Wildman–Crippen LogP) is 3.50. The van der Waals surface area contributed by atoms with Crippen molar-refractivity contribution < 1.29 is 19.7 Å². The number of halogens is 1. The minimum absolute atomic E-state index is 0.110. The van der Waals surface area contributed by atoms with Crippen molar-refractivity contribution in [3.05, 3.63) is 64.2 Å². The van der Waals surface area contributed by atoms with Gasteiger partial charge in [0.2, 0.25) is 0 Å². The highest BCUT2D eigenvalue weighted by atomic mass is 35.5. The normalized spacial score (nSPS) is 12.0. The number of aliphatic hydroxyl groups is 1. The maximum Gasteiger partial charge on any atom is 0.338 e. The van der Waals surface area contributed by atoms with Crippen LogP contribution in [0.15, 0.2) is 42.5 Å². The predicted molar refractivity (Wildman–Crippen MR) is 84.2 cm³/mol. The van der Waals surface area contributed by atoms with Gasteiger partial charge in [-0.05, 0) is 48.2 Å². The molecule has 2 N–H and O–H groups in total. The van der Waals surface area contributed by atoms with E-state index < -0.39 is 12.1 Å². The highest BCUT2D eigenvalue weighted by Crippen LogP contribution is 2.24. The van der Waals surface area contributed by atoms with Crippen LogP contribution in [0.1, 0.15) is 34.0 Å². The summed E-state index contributed by atoms with van der Waals surface area (Å²) in [7, 11) is 1.31. The highest BCUT2D eigenvalue weighted by Gasteiger charge is 2.15. The van der Waals surface area contributed by atoms with Gasteiger partial charge in [0.1, 0.15) is 5.75 Å². The summed E-state index contributed by atoms with van der Waals surface area (Å²) in [5, 5.41) is 20.1. The standard InChI is InChI=1S/C17H17ClO4/c1-22-17(21)15-10-13(18)7-5-11(15)6-8-16(20)12-3-2-4-14(19)9-12/h2-5,7,9-10,16,19-20H,6,8H2,1H3/t16-/m1/s1. The molecule has 0 aliphatic heterocycles. The maximum atomic E-state index is 11.8. The summed E-state index contributed by atoms with van der Waals surface area (Å²) in [6, 6.07) is 11.5. The first kappa shape index (κ1) is 16.3. The molecule has 0 unspecified atom stereocenters. The molecule has 0 radical (unpaired) electrons. The minimum atomic E-state index is -0.728. The zero-order valence-electron chi connectivity index (χ0n) is 12.1. The van der Waals surface area contributed by atoms with E-state index in [1.807, 2.05) is 0 Å². The number of aromatic hydroxyl groups is 1. The Morgan fingerprint density at radius 1 is 1.27 bits per heavy atom. The molecule has 0 fully saturated rings. The zero-order chi connectivity index (χ0) is 16.1. The van der Waals surface area contributed by atoms with Gasteiger partial charge in [-0.15, -0.1) is 0 Å². The van der Waals surface area contributed by atoms with Gasteiger partial charge in [-0.25, -0.2) is 4.79 Å². The molecular weight excluding hydrogens is 304 g/mol. The molecule has 0 aliphatic rings. The number of rotatable bonds is 5. The Bertz CT molecular complexity index is 669. The Balaban J connectivity index is 2.13. The van der Waals surface area contributed by atoms with Gasteiger partial charge in [0.05, 0.1) is 18.8 Å². The molecule has 5 heteroatoms. The molecule has 0 aromatic heterocycles. The third-order valence-electron chi connectivity index (χ3n) is 3.42. The van der Waals surface area contributed by atoms with Gasteiger partial charge in [-0.1, -0.05) is 29.8 Å². The van der Waals surface area contributed by atoms with Crippen molar-refractivity contribution >= 4 is 17.6 Å². The molecule has 0 aliphatic carbocycles. The van der Waals surface area contributed by atoms with Crippen LogP contribution >= 0.6 is 11.6 Å². The van der Waals surface area contributed by atoms with E-state index >= 15 is 0 Å². The largest absolute Gasteiger partial charge is 0.508 e. The van der Waals surface area contributed by atoms with E-state index in [-0.39, 0.29) is 5.75 Å². The van der Waals surface area contributed by atoms with Crippen molar-refractivity contribution in [3.63, 3.8) is 0 Å². The Hall–Kier alpha value is -2.04. The number of aliphatic hydroxyl groups excluding tert-OH is 1. The fraction of sp³-hybridized carbons (Fsp3) is 0.235. The van der Waals surface area contributed by atoms with Crippen LogP contribution in [0.3, 0.4) is 0 Å². The molecule has 0 spiro atoms. The summed E-state index contributed by atoms with van der Waals surface area (Å²) in [5.74, 6) is -0.345. The van der Waals surface area contributed by atoms with Gasteiger partial charge in [-0.2, -0.15) is 0 Å². The van der Waals surface area contributed by atoms with Crippen molar-refractivity contribution in [2.45, 2.75) is 18.9 Å². The summed E-state index contributed by atoms with van der Waals surface area (Å²) in [4.78, 5) is 11.8. The van der Waals surface area contributed by atoms with Gasteiger partial charge >= 0.3 is 5.97 Å². The fourth-order valence-corrected chi connectivity index (χ4v) is 2.43. The number of ether oxygens (including phenoxy) is 1. The molecule has 2 rings (SSSR count). The number of carbonyl (C=O) groups is 1. The number of hydrogen-bond donors (Lipinski definition) is 2. The first-order chi connectivity index (χ1) is 10.5. The van der Waals surface area contributed by atoms with Crippen LogP contribution in [0.5, 0.6) is 5.75 Å². The van der Waals surface area contributed by atoms with Gasteiger partial charge in [0.15, 0.2) is 0 Å². The Kier molecular flexibility index (Phi) is 5.41. The number of aryl methyl sites for hydroxylation is 1. The number of phenolic OH excluding ortho intramolecular Hbond substituents is 1. The van der Waals surface area contributed by atoms with Gasteiger partial charge < -0.3 is 14.9 Å². The molecule has 0 saturated heterocycles. The van der Waals surface area contributed by atoms with Crippen molar-refractivity contribution in [1.29, 1.82) is 0 Å². The molecule has 0 amide bonds. The third kappa shape index (κ3) is 4.00. The highest BCUT2D eigenvalue weighted by molar-refractivity contribution is 6.31. The van der Waals surface area contributed by atoms with E-state index in [9.17, 15) is 15.0 Å². The summed E-state index contributed by atoms with van der Waals surface area (Å²) in [5.41, 5.74) is 1.79. The van der Waals surface area contributed by atoms with Crippen LogP contribution in [0, 0.1) is 0 Å². The van der Waals surface area contributed by atoms with Crippen molar-refractivity contribution in [2.24, 2.45) is 0 Å².